The Bertz CT molecular complexity index is 773. The zero-order chi connectivity index (χ0) is 18.4. The van der Waals surface area contributed by atoms with Crippen molar-refractivity contribution in [2.75, 3.05) is 27.2 Å². The molecule has 2 aromatic rings. The summed E-state index contributed by atoms with van der Waals surface area (Å²) in [6, 6.07) is 18.6. The molecule has 0 radical (unpaired) electrons. The third kappa shape index (κ3) is 4.42. The van der Waals surface area contributed by atoms with Gasteiger partial charge in [-0.05, 0) is 23.1 Å². The van der Waals surface area contributed by atoms with Gasteiger partial charge in [-0.3, -0.25) is 9.79 Å². The van der Waals surface area contributed by atoms with Crippen molar-refractivity contribution in [1.82, 2.24) is 15.1 Å². The highest BCUT2D eigenvalue weighted by atomic mass is 16.2. The number of hydrogen-bond donors (Lipinski definition) is 1. The summed E-state index contributed by atoms with van der Waals surface area (Å²) in [5, 5.41) is 3.20. The average Bonchev–Trinajstić information content (AvgIpc) is 2.68. The molecule has 0 saturated carbocycles. The molecule has 0 unspecified atom stereocenters. The second-order valence-corrected chi connectivity index (χ2v) is 6.58. The van der Waals surface area contributed by atoms with E-state index in [-0.39, 0.29) is 12.5 Å². The van der Waals surface area contributed by atoms with Gasteiger partial charge in [0.25, 0.3) is 0 Å². The molecule has 5 heteroatoms. The van der Waals surface area contributed by atoms with Crippen LogP contribution in [0.3, 0.4) is 0 Å². The normalized spacial score (nSPS) is 13.9. The van der Waals surface area contributed by atoms with Gasteiger partial charge in [-0.25, -0.2) is 0 Å². The first-order chi connectivity index (χ1) is 12.7. The predicted octanol–water partition coefficient (Wildman–Crippen LogP) is 2.28. The van der Waals surface area contributed by atoms with E-state index in [1.807, 2.05) is 41.1 Å². The van der Waals surface area contributed by atoms with Crippen LogP contribution >= 0.6 is 0 Å². The van der Waals surface area contributed by atoms with Gasteiger partial charge in [0, 0.05) is 33.7 Å². The van der Waals surface area contributed by atoms with Crippen LogP contribution in [0.1, 0.15) is 16.7 Å². The van der Waals surface area contributed by atoms with Crippen molar-refractivity contribution in [3.8, 4) is 0 Å². The molecule has 3 rings (SSSR count). The minimum absolute atomic E-state index is 0.105. The summed E-state index contributed by atoms with van der Waals surface area (Å²) in [6.07, 6.45) is 0.921. The van der Waals surface area contributed by atoms with Crippen LogP contribution in [-0.4, -0.2) is 48.9 Å². The lowest BCUT2D eigenvalue weighted by Crippen LogP contribution is -2.46. The maximum Gasteiger partial charge on any atom is 0.242 e. The second kappa shape index (κ2) is 8.52. The second-order valence-electron chi connectivity index (χ2n) is 6.58. The summed E-state index contributed by atoms with van der Waals surface area (Å²) < 4.78 is 0. The van der Waals surface area contributed by atoms with Crippen LogP contribution in [-0.2, 0) is 24.3 Å². The highest BCUT2D eigenvalue weighted by molar-refractivity contribution is 5.86. The maximum absolute atomic E-state index is 12.6. The predicted molar refractivity (Wildman–Crippen MR) is 105 cm³/mol. The third-order valence-corrected chi connectivity index (χ3v) is 4.72. The molecule has 1 heterocycles. The Balaban J connectivity index is 1.53. The van der Waals surface area contributed by atoms with Gasteiger partial charge in [0.2, 0.25) is 5.91 Å². The highest BCUT2D eigenvalue weighted by Crippen LogP contribution is 2.18. The number of carbonyl (C=O) groups is 1. The molecule has 0 bridgehead atoms. The van der Waals surface area contributed by atoms with Crippen LogP contribution < -0.4 is 5.32 Å². The standard InChI is InChI=1S/C21H26N4O/c1-22-21(24(2)15-17-8-4-3-5-9-17)23-14-20(26)25-13-12-18-10-6-7-11-19(18)16-25/h3-11H,12-16H2,1-2H3,(H,22,23). The van der Waals surface area contributed by atoms with Crippen molar-refractivity contribution in [1.29, 1.82) is 0 Å². The Labute approximate surface area is 155 Å². The fourth-order valence-electron chi connectivity index (χ4n) is 3.29. The lowest BCUT2D eigenvalue weighted by molar-refractivity contribution is -0.130. The van der Waals surface area contributed by atoms with Crippen molar-refractivity contribution >= 4 is 11.9 Å². The van der Waals surface area contributed by atoms with Gasteiger partial charge in [0.05, 0.1) is 6.54 Å². The van der Waals surface area contributed by atoms with Gasteiger partial charge in [0.15, 0.2) is 5.96 Å². The largest absolute Gasteiger partial charge is 0.347 e. The molecule has 0 aromatic heterocycles. The molecule has 0 spiro atoms. The summed E-state index contributed by atoms with van der Waals surface area (Å²) >= 11 is 0. The average molecular weight is 350 g/mol. The smallest absolute Gasteiger partial charge is 0.242 e. The molecule has 26 heavy (non-hydrogen) atoms. The number of hydrogen-bond acceptors (Lipinski definition) is 2. The van der Waals surface area contributed by atoms with Crippen molar-refractivity contribution < 1.29 is 4.79 Å². The number of benzene rings is 2. The molecule has 1 aliphatic heterocycles. The lowest BCUT2D eigenvalue weighted by atomic mass is 10.00. The van der Waals surface area contributed by atoms with E-state index < -0.39 is 0 Å². The van der Waals surface area contributed by atoms with Crippen LogP contribution in [0.15, 0.2) is 59.6 Å². The molecule has 1 aliphatic rings. The molecule has 1 amide bonds. The van der Waals surface area contributed by atoms with E-state index in [2.05, 4.69) is 40.6 Å². The zero-order valence-corrected chi connectivity index (χ0v) is 15.5. The van der Waals surface area contributed by atoms with E-state index in [0.717, 1.165) is 25.5 Å². The minimum atomic E-state index is 0.105. The summed E-state index contributed by atoms with van der Waals surface area (Å²) in [4.78, 5) is 20.8. The lowest BCUT2D eigenvalue weighted by Gasteiger charge is -2.29. The third-order valence-electron chi connectivity index (χ3n) is 4.72. The molecule has 5 nitrogen and oxygen atoms in total. The number of nitrogens with zero attached hydrogens (tertiary/aromatic N) is 3. The van der Waals surface area contributed by atoms with E-state index in [1.165, 1.54) is 16.7 Å². The van der Waals surface area contributed by atoms with Crippen molar-refractivity contribution in [2.45, 2.75) is 19.5 Å². The number of carbonyl (C=O) groups excluding carboxylic acids is 1. The fourth-order valence-corrected chi connectivity index (χ4v) is 3.29. The van der Waals surface area contributed by atoms with Crippen LogP contribution in [0.4, 0.5) is 0 Å². The highest BCUT2D eigenvalue weighted by Gasteiger charge is 2.20. The number of aliphatic imine (C=N–C) groups is 1. The van der Waals surface area contributed by atoms with Gasteiger partial charge >= 0.3 is 0 Å². The van der Waals surface area contributed by atoms with Crippen molar-refractivity contribution in [2.24, 2.45) is 4.99 Å². The van der Waals surface area contributed by atoms with Crippen LogP contribution in [0.2, 0.25) is 0 Å². The topological polar surface area (TPSA) is 47.9 Å². The number of nitrogens with one attached hydrogen (secondary N) is 1. The first-order valence-corrected chi connectivity index (χ1v) is 8.97. The zero-order valence-electron chi connectivity index (χ0n) is 15.5. The van der Waals surface area contributed by atoms with Gasteiger partial charge < -0.3 is 15.1 Å². The van der Waals surface area contributed by atoms with E-state index in [1.54, 1.807) is 7.05 Å². The van der Waals surface area contributed by atoms with Gasteiger partial charge in [0.1, 0.15) is 0 Å². The summed E-state index contributed by atoms with van der Waals surface area (Å²) in [5.41, 5.74) is 3.80. The number of amides is 1. The van der Waals surface area contributed by atoms with E-state index in [0.29, 0.717) is 6.54 Å². The van der Waals surface area contributed by atoms with E-state index in [9.17, 15) is 4.79 Å². The van der Waals surface area contributed by atoms with Crippen LogP contribution in [0.5, 0.6) is 0 Å². The Hall–Kier alpha value is -2.82. The minimum Gasteiger partial charge on any atom is -0.347 e. The van der Waals surface area contributed by atoms with E-state index >= 15 is 0 Å². The van der Waals surface area contributed by atoms with Crippen molar-refractivity contribution in [3.05, 3.63) is 71.3 Å². The quantitative estimate of drug-likeness (QED) is 0.680. The number of guanidine groups is 1. The summed E-state index contributed by atoms with van der Waals surface area (Å²) in [6.45, 7) is 2.46. The maximum atomic E-state index is 12.6. The molecule has 1 N–H and O–H groups in total. The summed E-state index contributed by atoms with van der Waals surface area (Å²) in [5.74, 6) is 0.827. The Morgan fingerprint density at radius 1 is 1.12 bits per heavy atom. The number of rotatable bonds is 4. The van der Waals surface area contributed by atoms with Gasteiger partial charge in [-0.2, -0.15) is 0 Å². The Kier molecular flexibility index (Phi) is 5.89. The van der Waals surface area contributed by atoms with Crippen molar-refractivity contribution in [3.63, 3.8) is 0 Å². The monoisotopic (exact) mass is 350 g/mol. The number of fused-ring (bicyclic) bond motifs is 1. The SMILES string of the molecule is CN=C(NCC(=O)N1CCc2ccccc2C1)N(C)Cc1ccccc1. The molecule has 136 valence electrons. The fraction of sp³-hybridized carbons (Fsp3) is 0.333. The molecule has 0 saturated heterocycles. The molecule has 0 aliphatic carbocycles. The Morgan fingerprint density at radius 3 is 2.54 bits per heavy atom. The first-order valence-electron chi connectivity index (χ1n) is 8.97. The molecular weight excluding hydrogens is 324 g/mol. The molecule has 0 atom stereocenters. The van der Waals surface area contributed by atoms with E-state index in [4.69, 9.17) is 0 Å². The van der Waals surface area contributed by atoms with Crippen LogP contribution in [0.25, 0.3) is 0 Å². The molecule has 0 fully saturated rings. The summed E-state index contributed by atoms with van der Waals surface area (Å²) in [7, 11) is 3.72. The first kappa shape index (κ1) is 18.0. The molecular formula is C21H26N4O. The van der Waals surface area contributed by atoms with Gasteiger partial charge in [-0.15, -0.1) is 0 Å². The van der Waals surface area contributed by atoms with Gasteiger partial charge in [-0.1, -0.05) is 54.6 Å². The Morgan fingerprint density at radius 2 is 1.81 bits per heavy atom. The molecule has 2 aromatic carbocycles. The van der Waals surface area contributed by atoms with Crippen LogP contribution in [0, 0.1) is 0 Å².